The number of rotatable bonds is 4. The lowest BCUT2D eigenvalue weighted by atomic mass is 10.2. The average Bonchev–Trinajstić information content (AvgIpc) is 2.19. The number of hydrogen-bond acceptors (Lipinski definition) is 3. The second-order valence-electron chi connectivity index (χ2n) is 2.76. The Hall–Kier alpha value is -1.13. The van der Waals surface area contributed by atoms with E-state index in [2.05, 4.69) is 10.8 Å². The quantitative estimate of drug-likeness (QED) is 0.564. The lowest BCUT2D eigenvalue weighted by Crippen LogP contribution is -2.02. The molecule has 0 radical (unpaired) electrons. The monoisotopic (exact) mass is 212 g/mol. The largest absolute Gasteiger partial charge is 0.296 e. The molecule has 0 aromatic heterocycles. The molecule has 0 bridgehead atoms. The van der Waals surface area contributed by atoms with E-state index in [0.717, 1.165) is 19.1 Å². The molecule has 1 aromatic carbocycles. The Morgan fingerprint density at radius 3 is 2.36 bits per heavy atom. The van der Waals surface area contributed by atoms with E-state index in [9.17, 15) is 8.42 Å². The van der Waals surface area contributed by atoms with Gasteiger partial charge in [0.05, 0.1) is 12.0 Å². The first kappa shape index (κ1) is 10.9. The van der Waals surface area contributed by atoms with Gasteiger partial charge in [-0.25, -0.2) is 0 Å². The molecule has 0 saturated heterocycles. The van der Waals surface area contributed by atoms with E-state index in [4.69, 9.17) is 0 Å². The molecule has 76 valence electrons. The minimum atomic E-state index is -3.56. The van der Waals surface area contributed by atoms with Gasteiger partial charge in [0.25, 0.3) is 10.1 Å². The predicted molar refractivity (Wildman–Crippen MR) is 54.5 cm³/mol. The van der Waals surface area contributed by atoms with Crippen LogP contribution in [0.5, 0.6) is 0 Å². The summed E-state index contributed by atoms with van der Waals surface area (Å²) in [6, 6.07) is 6.54. The summed E-state index contributed by atoms with van der Waals surface area (Å²) in [5.41, 5.74) is 1.02. The molecule has 0 fully saturated rings. The van der Waals surface area contributed by atoms with E-state index in [1.165, 1.54) is 12.1 Å². The van der Waals surface area contributed by atoms with Crippen LogP contribution in [0.15, 0.2) is 41.8 Å². The predicted octanol–water partition coefficient (Wildman–Crippen LogP) is 1.75. The first-order chi connectivity index (χ1) is 6.60. The topological polar surface area (TPSA) is 43.4 Å². The molecule has 0 saturated carbocycles. The highest BCUT2D eigenvalue weighted by molar-refractivity contribution is 7.86. The molecule has 0 spiro atoms. The summed E-state index contributed by atoms with van der Waals surface area (Å²) in [6.45, 7) is 3.60. The van der Waals surface area contributed by atoms with Crippen molar-refractivity contribution in [2.45, 2.75) is 11.3 Å². The zero-order valence-electron chi connectivity index (χ0n) is 7.93. The van der Waals surface area contributed by atoms with Crippen molar-refractivity contribution in [2.75, 3.05) is 7.11 Å². The van der Waals surface area contributed by atoms with E-state index in [1.807, 2.05) is 0 Å². The lowest BCUT2D eigenvalue weighted by molar-refractivity contribution is 0.398. The molecule has 1 rings (SSSR count). The van der Waals surface area contributed by atoms with Gasteiger partial charge in [-0.3, -0.25) is 4.18 Å². The second kappa shape index (κ2) is 4.39. The molecule has 4 heteroatoms. The summed E-state index contributed by atoms with van der Waals surface area (Å²) >= 11 is 0. The summed E-state index contributed by atoms with van der Waals surface area (Å²) in [6.07, 6.45) is 2.49. The van der Waals surface area contributed by atoms with Gasteiger partial charge < -0.3 is 0 Å². The number of hydrogen-bond donors (Lipinski definition) is 0. The maximum atomic E-state index is 11.2. The molecule has 3 nitrogen and oxygen atoms in total. The van der Waals surface area contributed by atoms with E-state index >= 15 is 0 Å². The Morgan fingerprint density at radius 1 is 1.36 bits per heavy atom. The zero-order valence-corrected chi connectivity index (χ0v) is 8.75. The van der Waals surface area contributed by atoms with Gasteiger partial charge in [0.2, 0.25) is 0 Å². The lowest BCUT2D eigenvalue weighted by Gasteiger charge is -2.01. The molecule has 0 aliphatic carbocycles. The van der Waals surface area contributed by atoms with Crippen LogP contribution in [0.4, 0.5) is 0 Å². The second-order valence-corrected chi connectivity index (χ2v) is 4.47. The molecule has 0 amide bonds. The van der Waals surface area contributed by atoms with Crippen molar-refractivity contribution in [3.63, 3.8) is 0 Å². The Morgan fingerprint density at radius 2 is 1.93 bits per heavy atom. The molecule has 14 heavy (non-hydrogen) atoms. The Bertz CT molecular complexity index is 403. The minimum absolute atomic E-state index is 0.174. The molecule has 0 aliphatic rings. The van der Waals surface area contributed by atoms with Crippen LogP contribution in [-0.4, -0.2) is 15.5 Å². The van der Waals surface area contributed by atoms with Gasteiger partial charge in [0, 0.05) is 0 Å². The fourth-order valence-corrected chi connectivity index (χ4v) is 1.72. The SMILES string of the molecule is C=CCc1ccc(S(=O)(=O)OC)cc1. The van der Waals surface area contributed by atoms with E-state index in [0.29, 0.717) is 0 Å². The van der Waals surface area contributed by atoms with Gasteiger partial charge in [-0.05, 0) is 24.1 Å². The van der Waals surface area contributed by atoms with Gasteiger partial charge in [0.15, 0.2) is 0 Å². The van der Waals surface area contributed by atoms with Gasteiger partial charge in [-0.2, -0.15) is 8.42 Å². The van der Waals surface area contributed by atoms with Gasteiger partial charge in [0.1, 0.15) is 0 Å². The van der Waals surface area contributed by atoms with Crippen LogP contribution < -0.4 is 0 Å². The highest BCUT2D eigenvalue weighted by atomic mass is 32.2. The Balaban J connectivity index is 3.00. The van der Waals surface area contributed by atoms with Gasteiger partial charge in [-0.1, -0.05) is 18.2 Å². The summed E-state index contributed by atoms with van der Waals surface area (Å²) in [7, 11) is -2.41. The molecule has 0 atom stereocenters. The Kier molecular flexibility index (Phi) is 3.43. The minimum Gasteiger partial charge on any atom is -0.270 e. The van der Waals surface area contributed by atoms with E-state index < -0.39 is 10.1 Å². The summed E-state index contributed by atoms with van der Waals surface area (Å²) in [5.74, 6) is 0. The first-order valence-electron chi connectivity index (χ1n) is 4.10. The van der Waals surface area contributed by atoms with Crippen molar-refractivity contribution in [3.8, 4) is 0 Å². The summed E-state index contributed by atoms with van der Waals surface area (Å²) in [4.78, 5) is 0.174. The van der Waals surface area contributed by atoms with Crippen LogP contribution in [-0.2, 0) is 20.7 Å². The highest BCUT2D eigenvalue weighted by Gasteiger charge is 2.11. The van der Waals surface area contributed by atoms with Crippen LogP contribution in [0, 0.1) is 0 Å². The zero-order chi connectivity index (χ0) is 10.6. The van der Waals surface area contributed by atoms with Crippen LogP contribution >= 0.6 is 0 Å². The van der Waals surface area contributed by atoms with Crippen LogP contribution in [0.3, 0.4) is 0 Å². The molecular weight excluding hydrogens is 200 g/mol. The maximum Gasteiger partial charge on any atom is 0.296 e. The van der Waals surface area contributed by atoms with Crippen molar-refractivity contribution < 1.29 is 12.6 Å². The van der Waals surface area contributed by atoms with Crippen molar-refractivity contribution in [3.05, 3.63) is 42.5 Å². The summed E-state index contributed by atoms with van der Waals surface area (Å²) in [5, 5.41) is 0. The van der Waals surface area contributed by atoms with Crippen LogP contribution in [0.2, 0.25) is 0 Å². The molecule has 0 unspecified atom stereocenters. The Labute approximate surface area is 84.1 Å². The normalized spacial score (nSPS) is 11.2. The third-order valence-electron chi connectivity index (χ3n) is 1.81. The first-order valence-corrected chi connectivity index (χ1v) is 5.51. The van der Waals surface area contributed by atoms with Gasteiger partial charge in [-0.15, -0.1) is 6.58 Å². The van der Waals surface area contributed by atoms with Crippen molar-refractivity contribution in [1.29, 1.82) is 0 Å². The third kappa shape index (κ3) is 2.43. The average molecular weight is 212 g/mol. The summed E-state index contributed by atoms with van der Waals surface area (Å²) < 4.78 is 26.8. The standard InChI is InChI=1S/C10H12O3S/c1-3-4-9-5-7-10(8-6-9)14(11,12)13-2/h3,5-8H,1,4H2,2H3. The van der Waals surface area contributed by atoms with E-state index in [1.54, 1.807) is 18.2 Å². The molecule has 0 N–H and O–H groups in total. The molecule has 1 aromatic rings. The van der Waals surface area contributed by atoms with Crippen LogP contribution in [0.25, 0.3) is 0 Å². The van der Waals surface area contributed by atoms with E-state index in [-0.39, 0.29) is 4.90 Å². The van der Waals surface area contributed by atoms with Crippen molar-refractivity contribution in [1.82, 2.24) is 0 Å². The van der Waals surface area contributed by atoms with Crippen LogP contribution in [0.1, 0.15) is 5.56 Å². The fourth-order valence-electron chi connectivity index (χ4n) is 1.06. The molecule has 0 heterocycles. The maximum absolute atomic E-state index is 11.2. The van der Waals surface area contributed by atoms with Crippen molar-refractivity contribution >= 4 is 10.1 Å². The molecular formula is C10H12O3S. The smallest absolute Gasteiger partial charge is 0.270 e. The number of allylic oxidation sites excluding steroid dienone is 1. The number of benzene rings is 1. The molecule has 0 aliphatic heterocycles. The van der Waals surface area contributed by atoms with Crippen molar-refractivity contribution in [2.24, 2.45) is 0 Å². The third-order valence-corrected chi connectivity index (χ3v) is 3.10. The highest BCUT2D eigenvalue weighted by Crippen LogP contribution is 2.12. The fraction of sp³-hybridized carbons (Fsp3) is 0.200. The van der Waals surface area contributed by atoms with Gasteiger partial charge >= 0.3 is 0 Å².